The highest BCUT2D eigenvalue weighted by Crippen LogP contribution is 2.07. The molecule has 0 aromatic carbocycles. The molecule has 100 valence electrons. The maximum Gasteiger partial charge on any atom is 0.305 e. The molecule has 0 bridgehead atoms. The van der Waals surface area contributed by atoms with E-state index >= 15 is 0 Å². The molecule has 3 N–H and O–H groups in total. The Kier molecular flexibility index (Phi) is 7.99. The van der Waals surface area contributed by atoms with Crippen LogP contribution in [-0.4, -0.2) is 52.5 Å². The van der Waals surface area contributed by atoms with E-state index in [1.165, 1.54) is 0 Å². The van der Waals surface area contributed by atoms with Gasteiger partial charge < -0.3 is 15.7 Å². The second-order valence-corrected chi connectivity index (χ2v) is 5.14. The van der Waals surface area contributed by atoms with Crippen LogP contribution in [0.5, 0.6) is 0 Å². The number of nitrogens with zero attached hydrogens (tertiary/aromatic N) is 1. The normalized spacial score (nSPS) is 12.5. The van der Waals surface area contributed by atoms with Crippen molar-refractivity contribution in [2.24, 2.45) is 5.73 Å². The number of carbonyl (C=O) groups is 2. The van der Waals surface area contributed by atoms with Gasteiger partial charge in [-0.25, -0.2) is 0 Å². The van der Waals surface area contributed by atoms with Crippen LogP contribution in [0, 0.1) is 0 Å². The molecule has 0 aliphatic carbocycles. The first-order valence-corrected chi connectivity index (χ1v) is 7.06. The van der Waals surface area contributed by atoms with Crippen LogP contribution in [0.15, 0.2) is 0 Å². The van der Waals surface area contributed by atoms with Crippen LogP contribution >= 0.6 is 11.8 Å². The summed E-state index contributed by atoms with van der Waals surface area (Å²) < 4.78 is 0. The molecular weight excluding hydrogens is 240 g/mol. The molecule has 6 heteroatoms. The van der Waals surface area contributed by atoms with E-state index in [1.54, 1.807) is 16.7 Å². The molecule has 0 heterocycles. The first-order valence-electron chi connectivity index (χ1n) is 5.67. The minimum atomic E-state index is -0.902. The number of thioether (sulfide) groups is 1. The first-order chi connectivity index (χ1) is 7.90. The number of carboxylic acids is 1. The van der Waals surface area contributed by atoms with Gasteiger partial charge in [0, 0.05) is 12.6 Å². The van der Waals surface area contributed by atoms with Crippen molar-refractivity contribution in [3.8, 4) is 0 Å². The zero-order valence-corrected chi connectivity index (χ0v) is 11.5. The summed E-state index contributed by atoms with van der Waals surface area (Å²) in [6.07, 6.45) is 2.54. The predicted molar refractivity (Wildman–Crippen MR) is 70.1 cm³/mol. The summed E-state index contributed by atoms with van der Waals surface area (Å²) in [5, 5.41) is 8.63. The lowest BCUT2D eigenvalue weighted by molar-refractivity contribution is -0.139. The Morgan fingerprint density at radius 2 is 2.00 bits per heavy atom. The Morgan fingerprint density at radius 1 is 1.41 bits per heavy atom. The number of hydrogen-bond acceptors (Lipinski definition) is 4. The molecule has 5 nitrogen and oxygen atoms in total. The van der Waals surface area contributed by atoms with Gasteiger partial charge in [-0.1, -0.05) is 0 Å². The van der Waals surface area contributed by atoms with Crippen molar-refractivity contribution in [3.05, 3.63) is 0 Å². The van der Waals surface area contributed by atoms with Crippen LogP contribution in [0.1, 0.15) is 26.7 Å². The van der Waals surface area contributed by atoms with Crippen molar-refractivity contribution in [3.63, 3.8) is 0 Å². The van der Waals surface area contributed by atoms with Gasteiger partial charge in [-0.3, -0.25) is 9.59 Å². The summed E-state index contributed by atoms with van der Waals surface area (Å²) >= 11 is 1.64. The average molecular weight is 262 g/mol. The molecule has 0 saturated carbocycles. The van der Waals surface area contributed by atoms with E-state index in [0.717, 1.165) is 5.75 Å². The van der Waals surface area contributed by atoms with Crippen LogP contribution in [0.25, 0.3) is 0 Å². The average Bonchev–Trinajstić information content (AvgIpc) is 2.24. The molecule has 0 unspecified atom stereocenters. The maximum atomic E-state index is 12.0. The Hall–Kier alpha value is -0.750. The standard InChI is InChI=1S/C11H22N2O3S/c1-8(2)13(6-4-10(14)15)11(16)9(12)5-7-17-3/h8-9H,4-7,12H2,1-3H3,(H,14,15)/t9-/m1/s1. The Balaban J connectivity index is 4.37. The van der Waals surface area contributed by atoms with Crippen molar-refractivity contribution in [2.75, 3.05) is 18.6 Å². The maximum absolute atomic E-state index is 12.0. The fraction of sp³-hybridized carbons (Fsp3) is 0.818. The van der Waals surface area contributed by atoms with Crippen molar-refractivity contribution < 1.29 is 14.7 Å². The Bertz CT molecular complexity index is 259. The largest absolute Gasteiger partial charge is 0.481 e. The molecule has 0 saturated heterocycles. The number of nitrogens with two attached hydrogens (primary N) is 1. The number of carbonyl (C=O) groups excluding carboxylic acids is 1. The fourth-order valence-corrected chi connectivity index (χ4v) is 1.91. The van der Waals surface area contributed by atoms with Crippen LogP contribution in [0.3, 0.4) is 0 Å². The smallest absolute Gasteiger partial charge is 0.305 e. The number of carboxylic acid groups (broad SMARTS) is 1. The van der Waals surface area contributed by atoms with Crippen molar-refractivity contribution in [2.45, 2.75) is 38.8 Å². The van der Waals surface area contributed by atoms with Crippen LogP contribution in [0.2, 0.25) is 0 Å². The molecule has 0 spiro atoms. The van der Waals surface area contributed by atoms with E-state index in [0.29, 0.717) is 6.42 Å². The van der Waals surface area contributed by atoms with E-state index < -0.39 is 12.0 Å². The van der Waals surface area contributed by atoms with Crippen LogP contribution < -0.4 is 5.73 Å². The third-order valence-corrected chi connectivity index (χ3v) is 3.07. The highest BCUT2D eigenvalue weighted by molar-refractivity contribution is 7.98. The Morgan fingerprint density at radius 3 is 2.41 bits per heavy atom. The monoisotopic (exact) mass is 262 g/mol. The first kappa shape index (κ1) is 16.2. The number of aliphatic carboxylic acids is 1. The molecule has 0 fully saturated rings. The van der Waals surface area contributed by atoms with Gasteiger partial charge in [0.1, 0.15) is 0 Å². The van der Waals surface area contributed by atoms with Crippen molar-refractivity contribution >= 4 is 23.6 Å². The van der Waals surface area contributed by atoms with Gasteiger partial charge in [-0.15, -0.1) is 0 Å². The molecular formula is C11H22N2O3S. The molecule has 1 amide bonds. The SMILES string of the molecule is CSCC[C@@H](N)C(=O)N(CCC(=O)O)C(C)C. The summed E-state index contributed by atoms with van der Waals surface area (Å²) in [5.74, 6) is -0.228. The third kappa shape index (κ3) is 6.53. The highest BCUT2D eigenvalue weighted by atomic mass is 32.2. The van der Waals surface area contributed by atoms with Gasteiger partial charge in [0.05, 0.1) is 12.5 Å². The lowest BCUT2D eigenvalue weighted by Crippen LogP contribution is -2.47. The van der Waals surface area contributed by atoms with Gasteiger partial charge >= 0.3 is 5.97 Å². The molecule has 1 atom stereocenters. The van der Waals surface area contributed by atoms with Crippen molar-refractivity contribution in [1.82, 2.24) is 4.90 Å². The van der Waals surface area contributed by atoms with E-state index in [4.69, 9.17) is 10.8 Å². The molecule has 0 aromatic rings. The van der Waals surface area contributed by atoms with Gasteiger partial charge in [0.25, 0.3) is 0 Å². The van der Waals surface area contributed by atoms with E-state index in [1.807, 2.05) is 20.1 Å². The molecule has 0 rings (SSSR count). The summed E-state index contributed by atoms with van der Waals surface area (Å²) in [6.45, 7) is 3.95. The fourth-order valence-electron chi connectivity index (χ4n) is 1.42. The third-order valence-electron chi connectivity index (χ3n) is 2.42. The lowest BCUT2D eigenvalue weighted by Gasteiger charge is -2.28. The van der Waals surface area contributed by atoms with E-state index in [-0.39, 0.29) is 24.9 Å². The molecule has 0 aliphatic heterocycles. The van der Waals surface area contributed by atoms with Gasteiger partial charge in [-0.2, -0.15) is 11.8 Å². The van der Waals surface area contributed by atoms with Crippen molar-refractivity contribution in [1.29, 1.82) is 0 Å². The predicted octanol–water partition coefficient (Wildman–Crippen LogP) is 0.778. The quantitative estimate of drug-likeness (QED) is 0.675. The topological polar surface area (TPSA) is 83.6 Å². The van der Waals surface area contributed by atoms with Crippen LogP contribution in [-0.2, 0) is 9.59 Å². The molecule has 0 aliphatic rings. The summed E-state index contributed by atoms with van der Waals surface area (Å²) in [5.41, 5.74) is 5.80. The van der Waals surface area contributed by atoms with Gasteiger partial charge in [0.2, 0.25) is 5.91 Å². The lowest BCUT2D eigenvalue weighted by atomic mass is 10.1. The number of rotatable bonds is 8. The summed E-state index contributed by atoms with van der Waals surface area (Å²) in [6, 6.07) is -0.555. The van der Waals surface area contributed by atoms with Gasteiger partial charge in [0.15, 0.2) is 0 Å². The van der Waals surface area contributed by atoms with E-state index in [9.17, 15) is 9.59 Å². The van der Waals surface area contributed by atoms with Gasteiger partial charge in [-0.05, 0) is 32.3 Å². The number of amides is 1. The molecule has 0 radical (unpaired) electrons. The summed E-state index contributed by atoms with van der Waals surface area (Å²) in [4.78, 5) is 24.1. The number of hydrogen-bond donors (Lipinski definition) is 2. The second-order valence-electron chi connectivity index (χ2n) is 4.16. The van der Waals surface area contributed by atoms with E-state index in [2.05, 4.69) is 0 Å². The minimum Gasteiger partial charge on any atom is -0.481 e. The van der Waals surface area contributed by atoms with Crippen LogP contribution in [0.4, 0.5) is 0 Å². The Labute approximate surface area is 107 Å². The molecule has 17 heavy (non-hydrogen) atoms. The molecule has 0 aromatic heterocycles. The zero-order valence-electron chi connectivity index (χ0n) is 10.7. The zero-order chi connectivity index (χ0) is 13.4. The second kappa shape index (κ2) is 8.36. The summed E-state index contributed by atoms with van der Waals surface area (Å²) in [7, 11) is 0. The minimum absolute atomic E-state index is 0.0258. The highest BCUT2D eigenvalue weighted by Gasteiger charge is 2.23.